The summed E-state index contributed by atoms with van der Waals surface area (Å²) in [6, 6.07) is 0. The van der Waals surface area contributed by atoms with Gasteiger partial charge >= 0.3 is 0 Å². The topological polar surface area (TPSA) is 68.8 Å². The molecule has 0 saturated heterocycles. The van der Waals surface area contributed by atoms with Crippen LogP contribution in [0.4, 0.5) is 0 Å². The van der Waals surface area contributed by atoms with E-state index < -0.39 is 0 Å². The van der Waals surface area contributed by atoms with Gasteiger partial charge < -0.3 is 5.11 Å². The average Bonchev–Trinajstić information content (AvgIpc) is 1.99. The Labute approximate surface area is 60.5 Å². The first kappa shape index (κ1) is 9.23. The van der Waals surface area contributed by atoms with Crippen molar-refractivity contribution in [2.45, 2.75) is 19.3 Å². The molecule has 0 aliphatic rings. The molecule has 0 aromatic carbocycles. The van der Waals surface area contributed by atoms with E-state index >= 15 is 0 Å². The van der Waals surface area contributed by atoms with E-state index in [4.69, 9.17) is 10.6 Å². The molecule has 0 aromatic rings. The Kier molecular flexibility index (Phi) is 5.86. The summed E-state index contributed by atoms with van der Waals surface area (Å²) in [7, 11) is 1.62. The molecule has 0 amide bonds. The molecule has 10 heavy (non-hydrogen) atoms. The van der Waals surface area contributed by atoms with Crippen LogP contribution in [-0.4, -0.2) is 24.6 Å². The largest absolute Gasteiger partial charge is 0.396 e. The summed E-state index contributed by atoms with van der Waals surface area (Å²) in [5.41, 5.74) is 6.63. The molecule has 0 aromatic heterocycles. The zero-order chi connectivity index (χ0) is 7.82. The molecule has 2 N–H and O–H groups in total. The number of aliphatic hydroxyl groups excluding tert-OH is 1. The van der Waals surface area contributed by atoms with Crippen molar-refractivity contribution in [2.75, 3.05) is 13.7 Å². The van der Waals surface area contributed by atoms with Crippen LogP contribution in [0.5, 0.6) is 0 Å². The van der Waals surface area contributed by atoms with Gasteiger partial charge in [0.25, 0.3) is 0 Å². The van der Waals surface area contributed by atoms with Crippen LogP contribution in [0.2, 0.25) is 0 Å². The van der Waals surface area contributed by atoms with Gasteiger partial charge in [0.1, 0.15) is 5.84 Å². The van der Waals surface area contributed by atoms with Crippen molar-refractivity contribution in [1.82, 2.24) is 0 Å². The highest BCUT2D eigenvalue weighted by atomic mass is 16.2. The van der Waals surface area contributed by atoms with E-state index in [0.29, 0.717) is 12.3 Å². The van der Waals surface area contributed by atoms with Gasteiger partial charge in [-0.25, -0.2) is 5.53 Å². The van der Waals surface area contributed by atoms with Gasteiger partial charge in [0.15, 0.2) is 0 Å². The van der Waals surface area contributed by atoms with Crippen LogP contribution < -0.4 is 0 Å². The maximum absolute atomic E-state index is 8.41. The molecule has 0 radical (unpaired) electrons. The Morgan fingerprint density at radius 1 is 1.50 bits per heavy atom. The molecule has 0 spiro atoms. The van der Waals surface area contributed by atoms with Crippen LogP contribution in [0.1, 0.15) is 19.3 Å². The molecule has 4 nitrogen and oxygen atoms in total. The molecule has 0 heterocycles. The summed E-state index contributed by atoms with van der Waals surface area (Å²) in [6.07, 6.45) is 2.31. The van der Waals surface area contributed by atoms with Crippen molar-refractivity contribution in [1.29, 1.82) is 5.53 Å². The van der Waals surface area contributed by atoms with Gasteiger partial charge in [0, 0.05) is 20.1 Å². The standard InChI is InChI=1S/C6H13N3O/c1-8-6(9-7)4-2-3-5-10/h7,10H,2-5H2,1H3/b8-6-,9-7?. The number of unbranched alkanes of at least 4 members (excludes halogenated alkanes) is 1. The molecule has 58 valence electrons. The van der Waals surface area contributed by atoms with E-state index in [0.717, 1.165) is 12.8 Å². The first-order valence-corrected chi connectivity index (χ1v) is 3.29. The number of aliphatic hydroxyl groups is 1. The maximum Gasteiger partial charge on any atom is 0.145 e. The predicted molar refractivity (Wildman–Crippen MR) is 39.4 cm³/mol. The summed E-state index contributed by atoms with van der Waals surface area (Å²) in [5.74, 6) is 0.549. The van der Waals surface area contributed by atoms with Crippen molar-refractivity contribution >= 4 is 5.84 Å². The third kappa shape index (κ3) is 4.14. The molecule has 0 unspecified atom stereocenters. The normalized spacial score (nSPS) is 11.6. The highest BCUT2D eigenvalue weighted by molar-refractivity contribution is 5.81. The second-order valence-electron chi connectivity index (χ2n) is 1.93. The Bertz CT molecular complexity index is 122. The second kappa shape index (κ2) is 6.35. The SMILES string of the molecule is C/N=C(/CCCCO)N=N. The Hall–Kier alpha value is -0.770. The molecule has 4 heteroatoms. The smallest absolute Gasteiger partial charge is 0.145 e. The van der Waals surface area contributed by atoms with Crippen molar-refractivity contribution in [3.63, 3.8) is 0 Å². The highest BCUT2D eigenvalue weighted by Gasteiger charge is 1.93. The molecule has 0 bridgehead atoms. The number of aliphatic imine (C=N–C) groups is 1. The zero-order valence-corrected chi connectivity index (χ0v) is 6.17. The van der Waals surface area contributed by atoms with Crippen molar-refractivity contribution in [3.8, 4) is 0 Å². The van der Waals surface area contributed by atoms with Crippen molar-refractivity contribution in [2.24, 2.45) is 10.1 Å². The minimum Gasteiger partial charge on any atom is -0.396 e. The molecule has 0 aliphatic heterocycles. The first-order valence-electron chi connectivity index (χ1n) is 3.29. The fourth-order valence-electron chi connectivity index (χ4n) is 0.613. The van der Waals surface area contributed by atoms with Gasteiger partial charge in [0.2, 0.25) is 0 Å². The zero-order valence-electron chi connectivity index (χ0n) is 6.17. The van der Waals surface area contributed by atoms with Crippen LogP contribution in [0.3, 0.4) is 0 Å². The van der Waals surface area contributed by atoms with E-state index in [2.05, 4.69) is 10.1 Å². The maximum atomic E-state index is 8.41. The van der Waals surface area contributed by atoms with Gasteiger partial charge in [-0.15, -0.1) is 5.11 Å². The minimum absolute atomic E-state index is 0.203. The number of hydrogen-bond acceptors (Lipinski definition) is 3. The molecular formula is C6H13N3O. The monoisotopic (exact) mass is 143 g/mol. The van der Waals surface area contributed by atoms with Crippen molar-refractivity contribution in [3.05, 3.63) is 0 Å². The third-order valence-electron chi connectivity index (χ3n) is 1.20. The lowest BCUT2D eigenvalue weighted by Crippen LogP contribution is -1.93. The van der Waals surface area contributed by atoms with E-state index in [-0.39, 0.29) is 6.61 Å². The Morgan fingerprint density at radius 3 is 2.60 bits per heavy atom. The summed E-state index contributed by atoms with van der Waals surface area (Å²) < 4.78 is 0. The average molecular weight is 143 g/mol. The lowest BCUT2D eigenvalue weighted by Gasteiger charge is -1.94. The van der Waals surface area contributed by atoms with Crippen LogP contribution in [0.25, 0.3) is 0 Å². The highest BCUT2D eigenvalue weighted by Crippen LogP contribution is 1.97. The Balaban J connectivity index is 3.36. The van der Waals surface area contributed by atoms with Crippen LogP contribution in [0.15, 0.2) is 10.1 Å². The van der Waals surface area contributed by atoms with Crippen LogP contribution >= 0.6 is 0 Å². The van der Waals surface area contributed by atoms with E-state index in [1.807, 2.05) is 0 Å². The van der Waals surface area contributed by atoms with Gasteiger partial charge in [-0.2, -0.15) is 0 Å². The number of amidine groups is 1. The summed E-state index contributed by atoms with van der Waals surface area (Å²) in [6.45, 7) is 0.203. The molecule has 0 aliphatic carbocycles. The number of rotatable bonds is 4. The van der Waals surface area contributed by atoms with Gasteiger partial charge in [-0.1, -0.05) is 0 Å². The van der Waals surface area contributed by atoms with E-state index in [9.17, 15) is 0 Å². The minimum atomic E-state index is 0.203. The molecule has 0 rings (SSSR count). The second-order valence-corrected chi connectivity index (χ2v) is 1.93. The predicted octanol–water partition coefficient (Wildman–Crippen LogP) is 1.21. The van der Waals surface area contributed by atoms with Gasteiger partial charge in [0.05, 0.1) is 0 Å². The third-order valence-corrected chi connectivity index (χ3v) is 1.20. The van der Waals surface area contributed by atoms with Crippen LogP contribution in [0, 0.1) is 5.53 Å². The molecule has 0 saturated carbocycles. The molecule has 0 atom stereocenters. The van der Waals surface area contributed by atoms with Crippen LogP contribution in [-0.2, 0) is 0 Å². The van der Waals surface area contributed by atoms with Crippen molar-refractivity contribution < 1.29 is 5.11 Å². The summed E-state index contributed by atoms with van der Waals surface area (Å²) in [5, 5.41) is 11.6. The quantitative estimate of drug-likeness (QED) is 0.264. The number of nitrogens with zero attached hydrogens (tertiary/aromatic N) is 2. The Morgan fingerprint density at radius 2 is 2.20 bits per heavy atom. The first-order chi connectivity index (χ1) is 4.85. The number of hydrogen-bond donors (Lipinski definition) is 2. The van der Waals surface area contributed by atoms with E-state index in [1.54, 1.807) is 7.05 Å². The van der Waals surface area contributed by atoms with E-state index in [1.165, 1.54) is 0 Å². The van der Waals surface area contributed by atoms with Gasteiger partial charge in [-0.3, -0.25) is 4.99 Å². The summed E-state index contributed by atoms with van der Waals surface area (Å²) in [4.78, 5) is 3.76. The fourth-order valence-corrected chi connectivity index (χ4v) is 0.613. The fraction of sp³-hybridized carbons (Fsp3) is 0.833. The molecule has 0 fully saturated rings. The lowest BCUT2D eigenvalue weighted by atomic mass is 10.2. The number of nitrogens with one attached hydrogen (secondary N) is 1. The lowest BCUT2D eigenvalue weighted by molar-refractivity contribution is 0.285. The summed E-state index contributed by atoms with van der Waals surface area (Å²) >= 11 is 0. The molecular weight excluding hydrogens is 130 g/mol. The van der Waals surface area contributed by atoms with Gasteiger partial charge in [-0.05, 0) is 12.8 Å².